The molecule has 0 heterocycles. The number of benzene rings is 2. The number of amides is 1. The normalized spacial score (nSPS) is 13.0. The van der Waals surface area contributed by atoms with E-state index < -0.39 is 29.7 Å². The van der Waals surface area contributed by atoms with E-state index in [-0.39, 0.29) is 21.7 Å². The Labute approximate surface area is 172 Å². The van der Waals surface area contributed by atoms with E-state index >= 15 is 0 Å². The standard InChI is InChI=1S/C21H21ClF3NO3/c1-12(29-19(28)13-5-7-14(8-6-13)20(2,3)4)18(27)26-17-11-15(21(23,24)25)9-10-16(17)22/h5-12H,1-4H3,(H,26,27). The maximum absolute atomic E-state index is 12.8. The molecule has 29 heavy (non-hydrogen) atoms. The second-order valence-electron chi connectivity index (χ2n) is 7.56. The smallest absolute Gasteiger partial charge is 0.416 e. The molecule has 2 rings (SSSR count). The summed E-state index contributed by atoms with van der Waals surface area (Å²) in [6.45, 7) is 7.42. The number of ether oxygens (including phenoxy) is 1. The van der Waals surface area contributed by atoms with E-state index in [2.05, 4.69) is 5.32 Å². The Morgan fingerprint density at radius 1 is 1.00 bits per heavy atom. The lowest BCUT2D eigenvalue weighted by molar-refractivity contribution is -0.137. The van der Waals surface area contributed by atoms with Crippen LogP contribution in [0.5, 0.6) is 0 Å². The number of rotatable bonds is 4. The van der Waals surface area contributed by atoms with E-state index in [4.69, 9.17) is 16.3 Å². The van der Waals surface area contributed by atoms with Crippen LogP contribution in [0.1, 0.15) is 49.2 Å². The van der Waals surface area contributed by atoms with Crippen molar-refractivity contribution < 1.29 is 27.5 Å². The number of nitrogens with one attached hydrogen (secondary N) is 1. The summed E-state index contributed by atoms with van der Waals surface area (Å²) < 4.78 is 43.6. The topological polar surface area (TPSA) is 55.4 Å². The monoisotopic (exact) mass is 427 g/mol. The van der Waals surface area contributed by atoms with Gasteiger partial charge in [0.1, 0.15) is 0 Å². The minimum absolute atomic E-state index is 0.0670. The van der Waals surface area contributed by atoms with Gasteiger partial charge >= 0.3 is 12.1 Å². The zero-order chi connectivity index (χ0) is 22.0. The largest absolute Gasteiger partial charge is 0.449 e. The van der Waals surface area contributed by atoms with Crippen LogP contribution in [0.4, 0.5) is 18.9 Å². The molecule has 0 saturated carbocycles. The number of hydrogen-bond acceptors (Lipinski definition) is 3. The van der Waals surface area contributed by atoms with Gasteiger partial charge in [-0.25, -0.2) is 4.79 Å². The van der Waals surface area contributed by atoms with Crippen molar-refractivity contribution in [3.63, 3.8) is 0 Å². The summed E-state index contributed by atoms with van der Waals surface area (Å²) in [5, 5.41) is 2.19. The molecular formula is C21H21ClF3NO3. The fraction of sp³-hybridized carbons (Fsp3) is 0.333. The zero-order valence-corrected chi connectivity index (χ0v) is 17.1. The summed E-state index contributed by atoms with van der Waals surface area (Å²) in [5.74, 6) is -1.52. The summed E-state index contributed by atoms with van der Waals surface area (Å²) in [7, 11) is 0. The van der Waals surface area contributed by atoms with Crippen molar-refractivity contribution in [1.29, 1.82) is 0 Å². The molecule has 0 aliphatic rings. The van der Waals surface area contributed by atoms with Crippen molar-refractivity contribution in [3.8, 4) is 0 Å². The van der Waals surface area contributed by atoms with Crippen LogP contribution in [0.2, 0.25) is 5.02 Å². The van der Waals surface area contributed by atoms with Crippen molar-refractivity contribution >= 4 is 29.2 Å². The fourth-order valence-electron chi connectivity index (χ4n) is 2.42. The van der Waals surface area contributed by atoms with Gasteiger partial charge in [-0.3, -0.25) is 4.79 Å². The first-order valence-corrected chi connectivity index (χ1v) is 9.16. The van der Waals surface area contributed by atoms with E-state index in [1.807, 2.05) is 20.8 Å². The van der Waals surface area contributed by atoms with Gasteiger partial charge in [0.25, 0.3) is 5.91 Å². The highest BCUT2D eigenvalue weighted by Gasteiger charge is 2.31. The van der Waals surface area contributed by atoms with Crippen molar-refractivity contribution in [3.05, 3.63) is 64.2 Å². The predicted molar refractivity (Wildman–Crippen MR) is 105 cm³/mol. The predicted octanol–water partition coefficient (Wildman–Crippen LogP) is 5.84. The first kappa shape index (κ1) is 22.7. The zero-order valence-electron chi connectivity index (χ0n) is 16.4. The van der Waals surface area contributed by atoms with E-state index in [1.54, 1.807) is 24.3 Å². The van der Waals surface area contributed by atoms with Gasteiger partial charge in [-0.05, 0) is 48.2 Å². The SMILES string of the molecule is CC(OC(=O)c1ccc(C(C)(C)C)cc1)C(=O)Nc1cc(C(F)(F)F)ccc1Cl. The number of carbonyl (C=O) groups excluding carboxylic acids is 2. The van der Waals surface area contributed by atoms with Crippen LogP contribution in [0, 0.1) is 0 Å². The highest BCUT2D eigenvalue weighted by molar-refractivity contribution is 6.33. The number of carbonyl (C=O) groups is 2. The van der Waals surface area contributed by atoms with Gasteiger partial charge in [-0.2, -0.15) is 13.2 Å². The molecule has 1 unspecified atom stereocenters. The summed E-state index contributed by atoms with van der Waals surface area (Å²) in [6, 6.07) is 9.35. The quantitative estimate of drug-likeness (QED) is 0.623. The molecule has 0 saturated heterocycles. The molecular weight excluding hydrogens is 407 g/mol. The molecule has 0 bridgehead atoms. The average Bonchev–Trinajstić information content (AvgIpc) is 2.61. The van der Waals surface area contributed by atoms with Crippen LogP contribution in [-0.2, 0) is 21.1 Å². The highest BCUT2D eigenvalue weighted by atomic mass is 35.5. The van der Waals surface area contributed by atoms with Crippen molar-refractivity contribution in [2.45, 2.75) is 45.4 Å². The van der Waals surface area contributed by atoms with E-state index in [1.165, 1.54) is 6.92 Å². The van der Waals surface area contributed by atoms with Crippen LogP contribution in [-0.4, -0.2) is 18.0 Å². The number of hydrogen-bond donors (Lipinski definition) is 1. The van der Waals surface area contributed by atoms with Crippen molar-refractivity contribution in [2.75, 3.05) is 5.32 Å². The Kier molecular flexibility index (Phi) is 6.63. The molecule has 0 aromatic heterocycles. The number of esters is 1. The van der Waals surface area contributed by atoms with Crippen LogP contribution >= 0.6 is 11.6 Å². The Morgan fingerprint density at radius 2 is 1.55 bits per heavy atom. The minimum atomic E-state index is -4.58. The van der Waals surface area contributed by atoms with E-state index in [0.29, 0.717) is 0 Å². The maximum atomic E-state index is 12.8. The molecule has 0 radical (unpaired) electrons. The molecule has 0 aliphatic heterocycles. The second kappa shape index (κ2) is 8.45. The van der Waals surface area contributed by atoms with Crippen LogP contribution in [0.25, 0.3) is 0 Å². The summed E-state index contributed by atoms with van der Waals surface area (Å²) in [5.41, 5.74) is 0.0262. The third-order valence-electron chi connectivity index (χ3n) is 4.19. The third-order valence-corrected chi connectivity index (χ3v) is 4.52. The third kappa shape index (κ3) is 5.97. The van der Waals surface area contributed by atoms with Gasteiger partial charge < -0.3 is 10.1 Å². The Morgan fingerprint density at radius 3 is 2.07 bits per heavy atom. The molecule has 0 spiro atoms. The molecule has 1 N–H and O–H groups in total. The van der Waals surface area contributed by atoms with Gasteiger partial charge in [0.15, 0.2) is 6.10 Å². The first-order chi connectivity index (χ1) is 13.3. The minimum Gasteiger partial charge on any atom is -0.449 e. The van der Waals surface area contributed by atoms with Gasteiger partial charge in [0.2, 0.25) is 0 Å². The number of halogens is 4. The second-order valence-corrected chi connectivity index (χ2v) is 7.96. The molecule has 4 nitrogen and oxygen atoms in total. The maximum Gasteiger partial charge on any atom is 0.416 e. The molecule has 1 atom stereocenters. The lowest BCUT2D eigenvalue weighted by atomic mass is 9.87. The number of anilines is 1. The molecule has 1 amide bonds. The van der Waals surface area contributed by atoms with Gasteiger partial charge in [-0.1, -0.05) is 44.5 Å². The van der Waals surface area contributed by atoms with Crippen molar-refractivity contribution in [1.82, 2.24) is 0 Å². The van der Waals surface area contributed by atoms with Gasteiger partial charge in [0, 0.05) is 0 Å². The summed E-state index contributed by atoms with van der Waals surface area (Å²) in [4.78, 5) is 24.5. The first-order valence-electron chi connectivity index (χ1n) is 8.78. The Hall–Kier alpha value is -2.54. The van der Waals surface area contributed by atoms with Gasteiger partial charge in [0.05, 0.1) is 21.8 Å². The van der Waals surface area contributed by atoms with E-state index in [9.17, 15) is 22.8 Å². The molecule has 8 heteroatoms. The highest BCUT2D eigenvalue weighted by Crippen LogP contribution is 2.34. The van der Waals surface area contributed by atoms with Crippen LogP contribution in [0.15, 0.2) is 42.5 Å². The fourth-order valence-corrected chi connectivity index (χ4v) is 2.58. The summed E-state index contributed by atoms with van der Waals surface area (Å²) in [6.07, 6.45) is -5.82. The molecule has 0 aliphatic carbocycles. The van der Waals surface area contributed by atoms with Crippen LogP contribution < -0.4 is 5.32 Å². The molecule has 2 aromatic rings. The molecule has 0 fully saturated rings. The summed E-state index contributed by atoms with van der Waals surface area (Å²) >= 11 is 5.86. The molecule has 2 aromatic carbocycles. The lowest BCUT2D eigenvalue weighted by Crippen LogP contribution is -2.30. The van der Waals surface area contributed by atoms with Gasteiger partial charge in [-0.15, -0.1) is 0 Å². The molecule has 156 valence electrons. The van der Waals surface area contributed by atoms with E-state index in [0.717, 1.165) is 23.8 Å². The number of alkyl halides is 3. The lowest BCUT2D eigenvalue weighted by Gasteiger charge is -2.19. The average molecular weight is 428 g/mol. The Bertz CT molecular complexity index is 903. The van der Waals surface area contributed by atoms with Crippen LogP contribution in [0.3, 0.4) is 0 Å². The Balaban J connectivity index is 2.06. The van der Waals surface area contributed by atoms with Crippen molar-refractivity contribution in [2.24, 2.45) is 0 Å².